The summed E-state index contributed by atoms with van der Waals surface area (Å²) in [6.45, 7) is 9.30. The van der Waals surface area contributed by atoms with Crippen molar-refractivity contribution in [2.24, 2.45) is 0 Å². The third-order valence-corrected chi connectivity index (χ3v) is 7.30. The summed E-state index contributed by atoms with van der Waals surface area (Å²) in [7, 11) is -0.318. The SMILES string of the molecule is CC1(C)OB(CC2(O)CC3CCCC(C2)N3Cc2ccccc2)OC1(C)C. The van der Waals surface area contributed by atoms with Gasteiger partial charge in [-0.3, -0.25) is 4.90 Å². The minimum absolute atomic E-state index is 0.318. The monoisotopic (exact) mass is 371 g/mol. The Bertz CT molecular complexity index is 633. The molecule has 3 aliphatic rings. The molecule has 1 N–H and O–H groups in total. The van der Waals surface area contributed by atoms with Gasteiger partial charge < -0.3 is 14.4 Å². The maximum Gasteiger partial charge on any atom is 0.460 e. The number of piperidine rings is 2. The molecule has 5 heteroatoms. The number of hydrogen-bond acceptors (Lipinski definition) is 4. The molecule has 27 heavy (non-hydrogen) atoms. The first-order valence-corrected chi connectivity index (χ1v) is 10.6. The largest absolute Gasteiger partial charge is 0.460 e. The van der Waals surface area contributed by atoms with Crippen LogP contribution in [0.25, 0.3) is 0 Å². The molecule has 3 heterocycles. The Labute approximate surface area is 164 Å². The molecule has 2 atom stereocenters. The number of fused-ring (bicyclic) bond motifs is 2. The molecule has 0 spiro atoms. The fraction of sp³-hybridized carbons (Fsp3) is 0.727. The first-order chi connectivity index (χ1) is 12.7. The van der Waals surface area contributed by atoms with Crippen LogP contribution in [0.2, 0.25) is 6.32 Å². The van der Waals surface area contributed by atoms with Crippen LogP contribution in [0.4, 0.5) is 0 Å². The van der Waals surface area contributed by atoms with E-state index in [2.05, 4.69) is 62.9 Å². The third kappa shape index (κ3) is 3.84. The molecule has 4 nitrogen and oxygen atoms in total. The smallest absolute Gasteiger partial charge is 0.403 e. The zero-order valence-electron chi connectivity index (χ0n) is 17.3. The van der Waals surface area contributed by atoms with Gasteiger partial charge in [0.15, 0.2) is 0 Å². The number of rotatable bonds is 4. The van der Waals surface area contributed by atoms with Crippen molar-refractivity contribution >= 4 is 7.12 Å². The van der Waals surface area contributed by atoms with Crippen molar-refractivity contribution < 1.29 is 14.4 Å². The van der Waals surface area contributed by atoms with Gasteiger partial charge in [0, 0.05) is 24.9 Å². The van der Waals surface area contributed by atoms with Gasteiger partial charge in [-0.1, -0.05) is 36.8 Å². The van der Waals surface area contributed by atoms with Crippen molar-refractivity contribution in [3.63, 3.8) is 0 Å². The second-order valence-corrected chi connectivity index (χ2v) is 9.92. The van der Waals surface area contributed by atoms with Gasteiger partial charge >= 0.3 is 7.12 Å². The van der Waals surface area contributed by atoms with Crippen LogP contribution in [0.5, 0.6) is 0 Å². The molecule has 0 aromatic heterocycles. The van der Waals surface area contributed by atoms with E-state index in [4.69, 9.17) is 9.31 Å². The van der Waals surface area contributed by atoms with E-state index in [-0.39, 0.29) is 18.3 Å². The first-order valence-electron chi connectivity index (χ1n) is 10.6. The summed E-state index contributed by atoms with van der Waals surface area (Å²) in [5.41, 5.74) is 0.00530. The molecule has 2 unspecified atom stereocenters. The average Bonchev–Trinajstić information content (AvgIpc) is 2.76. The van der Waals surface area contributed by atoms with E-state index >= 15 is 0 Å². The lowest BCUT2D eigenvalue weighted by atomic mass is 9.65. The maximum absolute atomic E-state index is 11.5. The van der Waals surface area contributed by atoms with Crippen LogP contribution in [0.3, 0.4) is 0 Å². The van der Waals surface area contributed by atoms with E-state index in [0.29, 0.717) is 18.4 Å². The molecule has 2 bridgehead atoms. The Hall–Kier alpha value is -0.875. The summed E-state index contributed by atoms with van der Waals surface area (Å²) >= 11 is 0. The van der Waals surface area contributed by atoms with Gasteiger partial charge in [0.1, 0.15) is 0 Å². The number of hydrogen-bond donors (Lipinski definition) is 1. The van der Waals surface area contributed by atoms with Crippen LogP contribution in [-0.4, -0.2) is 46.0 Å². The molecular formula is C22H34BNO3. The molecular weight excluding hydrogens is 337 g/mol. The molecule has 1 aromatic rings. The summed E-state index contributed by atoms with van der Waals surface area (Å²) < 4.78 is 12.4. The summed E-state index contributed by atoms with van der Waals surface area (Å²) in [6, 6.07) is 11.6. The highest BCUT2D eigenvalue weighted by Gasteiger charge is 2.55. The van der Waals surface area contributed by atoms with Gasteiger partial charge in [0.25, 0.3) is 0 Å². The van der Waals surface area contributed by atoms with Crippen LogP contribution in [0, 0.1) is 0 Å². The van der Waals surface area contributed by atoms with E-state index in [9.17, 15) is 5.11 Å². The standard InChI is InChI=1S/C22H34BNO3/c1-20(2)21(3,4)27-23(26-20)16-22(25)13-18-11-8-12-19(14-22)24(18)15-17-9-6-5-7-10-17/h5-7,9-10,18-19,25H,8,11-16H2,1-4H3. The third-order valence-electron chi connectivity index (χ3n) is 7.30. The molecule has 3 fully saturated rings. The van der Waals surface area contributed by atoms with Crippen molar-refractivity contribution in [1.82, 2.24) is 4.90 Å². The highest BCUT2D eigenvalue weighted by Crippen LogP contribution is 2.45. The summed E-state index contributed by atoms with van der Waals surface area (Å²) in [5.74, 6) is 0. The molecule has 3 aliphatic heterocycles. The lowest BCUT2D eigenvalue weighted by Crippen LogP contribution is -2.58. The summed E-state index contributed by atoms with van der Waals surface area (Å²) in [6.07, 6.45) is 5.84. The Morgan fingerprint density at radius 2 is 1.56 bits per heavy atom. The quantitative estimate of drug-likeness (QED) is 0.812. The van der Waals surface area contributed by atoms with Crippen molar-refractivity contribution in [3.8, 4) is 0 Å². The maximum atomic E-state index is 11.5. The van der Waals surface area contributed by atoms with Crippen molar-refractivity contribution in [3.05, 3.63) is 35.9 Å². The van der Waals surface area contributed by atoms with Gasteiger partial charge in [-0.05, 0) is 58.9 Å². The molecule has 0 aliphatic carbocycles. The van der Waals surface area contributed by atoms with E-state index in [1.54, 1.807) is 0 Å². The fourth-order valence-electron chi connectivity index (χ4n) is 5.20. The molecule has 1 aromatic carbocycles. The van der Waals surface area contributed by atoms with Gasteiger partial charge in [-0.15, -0.1) is 0 Å². The van der Waals surface area contributed by atoms with Gasteiger partial charge in [-0.2, -0.15) is 0 Å². The first kappa shape index (κ1) is 19.4. The number of benzene rings is 1. The minimum Gasteiger partial charge on any atom is -0.403 e. The summed E-state index contributed by atoms with van der Waals surface area (Å²) in [5, 5.41) is 11.5. The highest BCUT2D eigenvalue weighted by atomic mass is 16.7. The van der Waals surface area contributed by atoms with E-state index in [1.807, 2.05) is 0 Å². The Morgan fingerprint density at radius 3 is 2.11 bits per heavy atom. The van der Waals surface area contributed by atoms with E-state index < -0.39 is 5.60 Å². The lowest BCUT2D eigenvalue weighted by Gasteiger charge is -2.52. The fourth-order valence-corrected chi connectivity index (χ4v) is 5.20. The Kier molecular flexibility index (Phi) is 4.95. The Morgan fingerprint density at radius 1 is 1.00 bits per heavy atom. The van der Waals surface area contributed by atoms with E-state index in [0.717, 1.165) is 19.4 Å². The van der Waals surface area contributed by atoms with Crippen LogP contribution < -0.4 is 0 Å². The lowest BCUT2D eigenvalue weighted by molar-refractivity contribution is -0.0874. The van der Waals surface area contributed by atoms with Crippen molar-refractivity contribution in [1.29, 1.82) is 0 Å². The van der Waals surface area contributed by atoms with Gasteiger partial charge in [0.05, 0.1) is 16.8 Å². The van der Waals surface area contributed by atoms with Gasteiger partial charge in [0.2, 0.25) is 0 Å². The second kappa shape index (κ2) is 6.87. The number of nitrogens with zero attached hydrogens (tertiary/aromatic N) is 1. The second-order valence-electron chi connectivity index (χ2n) is 9.92. The summed E-state index contributed by atoms with van der Waals surface area (Å²) in [4.78, 5) is 2.64. The predicted molar refractivity (Wildman–Crippen MR) is 108 cm³/mol. The molecule has 0 saturated carbocycles. The molecule has 3 saturated heterocycles. The minimum atomic E-state index is -0.690. The topological polar surface area (TPSA) is 41.9 Å². The van der Waals surface area contributed by atoms with Crippen LogP contribution in [-0.2, 0) is 15.9 Å². The van der Waals surface area contributed by atoms with Crippen LogP contribution in [0.1, 0.15) is 65.4 Å². The molecule has 148 valence electrons. The van der Waals surface area contributed by atoms with E-state index in [1.165, 1.54) is 24.8 Å². The predicted octanol–water partition coefficient (Wildman–Crippen LogP) is 4.03. The normalized spacial score (nSPS) is 35.4. The van der Waals surface area contributed by atoms with Crippen molar-refractivity contribution in [2.75, 3.05) is 0 Å². The van der Waals surface area contributed by atoms with Crippen LogP contribution >= 0.6 is 0 Å². The zero-order chi connectivity index (χ0) is 19.3. The number of aliphatic hydroxyl groups is 1. The van der Waals surface area contributed by atoms with Gasteiger partial charge in [-0.25, -0.2) is 0 Å². The Balaban J connectivity index is 1.45. The molecule has 0 radical (unpaired) electrons. The zero-order valence-corrected chi connectivity index (χ0v) is 17.3. The van der Waals surface area contributed by atoms with Crippen molar-refractivity contribution in [2.45, 2.75) is 102 Å². The highest BCUT2D eigenvalue weighted by molar-refractivity contribution is 6.45. The molecule has 4 rings (SSSR count). The molecule has 0 amide bonds. The average molecular weight is 371 g/mol. The van der Waals surface area contributed by atoms with Crippen LogP contribution in [0.15, 0.2) is 30.3 Å².